The van der Waals surface area contributed by atoms with Crippen molar-refractivity contribution in [3.63, 3.8) is 0 Å². The maximum absolute atomic E-state index is 11.5. The highest BCUT2D eigenvalue weighted by molar-refractivity contribution is 5.76. The summed E-state index contributed by atoms with van der Waals surface area (Å²) in [5.74, 6) is 0.218. The number of rotatable bonds is 2. The lowest BCUT2D eigenvalue weighted by Gasteiger charge is -2.37. The molecular weight excluding hydrogens is 212 g/mol. The van der Waals surface area contributed by atoms with Gasteiger partial charge in [0.15, 0.2) is 0 Å². The van der Waals surface area contributed by atoms with Crippen LogP contribution in [0.25, 0.3) is 0 Å². The van der Waals surface area contributed by atoms with Gasteiger partial charge >= 0.3 is 0 Å². The highest BCUT2D eigenvalue weighted by Crippen LogP contribution is 2.35. The molecule has 1 heterocycles. The molecule has 0 radical (unpaired) electrons. The summed E-state index contributed by atoms with van der Waals surface area (Å²) in [5, 5.41) is 6.67. The number of nitrogens with one attached hydrogen (secondary N) is 2. The first-order valence-electron chi connectivity index (χ1n) is 7.08. The minimum Gasteiger partial charge on any atom is -0.356 e. The van der Waals surface area contributed by atoms with E-state index in [2.05, 4.69) is 24.5 Å². The molecule has 2 N–H and O–H groups in total. The molecule has 3 nitrogen and oxygen atoms in total. The van der Waals surface area contributed by atoms with Gasteiger partial charge in [0.25, 0.3) is 0 Å². The van der Waals surface area contributed by atoms with E-state index in [0.717, 1.165) is 19.4 Å². The van der Waals surface area contributed by atoms with E-state index in [1.807, 2.05) is 0 Å². The minimum atomic E-state index is 0.218. The van der Waals surface area contributed by atoms with E-state index in [0.29, 0.717) is 23.9 Å². The van der Waals surface area contributed by atoms with Crippen LogP contribution in [-0.4, -0.2) is 24.5 Å². The fourth-order valence-electron chi connectivity index (χ4n) is 3.29. The second-order valence-electron chi connectivity index (χ2n) is 6.52. The summed E-state index contributed by atoms with van der Waals surface area (Å²) < 4.78 is 0. The van der Waals surface area contributed by atoms with Gasteiger partial charge in [-0.05, 0) is 37.5 Å². The van der Waals surface area contributed by atoms with Gasteiger partial charge in [-0.25, -0.2) is 0 Å². The van der Waals surface area contributed by atoms with E-state index in [4.69, 9.17) is 0 Å². The van der Waals surface area contributed by atoms with Gasteiger partial charge < -0.3 is 10.6 Å². The molecule has 2 fully saturated rings. The predicted octanol–water partition coefficient (Wildman–Crippen LogP) is 2.21. The van der Waals surface area contributed by atoms with Crippen LogP contribution in [0.2, 0.25) is 0 Å². The lowest BCUT2D eigenvalue weighted by atomic mass is 9.75. The van der Waals surface area contributed by atoms with Crippen molar-refractivity contribution in [2.24, 2.45) is 5.41 Å². The molecule has 1 aliphatic carbocycles. The van der Waals surface area contributed by atoms with Crippen molar-refractivity contribution in [1.82, 2.24) is 10.6 Å². The van der Waals surface area contributed by atoms with Crippen LogP contribution >= 0.6 is 0 Å². The largest absolute Gasteiger partial charge is 0.356 e. The van der Waals surface area contributed by atoms with Crippen molar-refractivity contribution < 1.29 is 4.79 Å². The first kappa shape index (κ1) is 12.9. The van der Waals surface area contributed by atoms with E-state index in [1.165, 1.54) is 25.7 Å². The highest BCUT2D eigenvalue weighted by atomic mass is 16.1. The zero-order chi connectivity index (χ0) is 12.3. The Balaban J connectivity index is 1.84. The summed E-state index contributed by atoms with van der Waals surface area (Å²) in [5.41, 5.74) is 0.475. The summed E-state index contributed by atoms with van der Waals surface area (Å²) in [6.07, 6.45) is 8.11. The molecule has 1 saturated carbocycles. The molecule has 2 atom stereocenters. The molecule has 3 heteroatoms. The van der Waals surface area contributed by atoms with E-state index in [9.17, 15) is 4.79 Å². The number of amides is 1. The first-order chi connectivity index (χ1) is 8.05. The van der Waals surface area contributed by atoms with Crippen molar-refractivity contribution in [2.45, 2.75) is 70.9 Å². The van der Waals surface area contributed by atoms with E-state index in [1.54, 1.807) is 0 Å². The Morgan fingerprint density at radius 3 is 2.76 bits per heavy atom. The molecule has 2 aliphatic rings. The van der Waals surface area contributed by atoms with Crippen molar-refractivity contribution >= 4 is 5.91 Å². The monoisotopic (exact) mass is 238 g/mol. The Morgan fingerprint density at radius 2 is 2.00 bits per heavy atom. The lowest BCUT2D eigenvalue weighted by molar-refractivity contribution is -0.121. The zero-order valence-electron chi connectivity index (χ0n) is 11.2. The number of hydrogen-bond donors (Lipinski definition) is 2. The third-order valence-electron chi connectivity index (χ3n) is 4.16. The molecular formula is C14H26N2O. The van der Waals surface area contributed by atoms with Gasteiger partial charge in [0.05, 0.1) is 0 Å². The third-order valence-corrected chi connectivity index (χ3v) is 4.16. The van der Waals surface area contributed by atoms with Crippen molar-refractivity contribution in [3.8, 4) is 0 Å². The zero-order valence-corrected chi connectivity index (χ0v) is 11.2. The minimum absolute atomic E-state index is 0.218. The highest BCUT2D eigenvalue weighted by Gasteiger charge is 2.29. The maximum Gasteiger partial charge on any atom is 0.221 e. The average molecular weight is 238 g/mol. The van der Waals surface area contributed by atoms with E-state index in [-0.39, 0.29) is 5.91 Å². The first-order valence-corrected chi connectivity index (χ1v) is 7.08. The van der Waals surface area contributed by atoms with Gasteiger partial charge in [0.1, 0.15) is 0 Å². The third kappa shape index (κ3) is 3.98. The molecule has 1 saturated heterocycles. The molecule has 98 valence electrons. The number of hydrogen-bond acceptors (Lipinski definition) is 2. The van der Waals surface area contributed by atoms with Crippen LogP contribution < -0.4 is 10.6 Å². The molecule has 2 unspecified atom stereocenters. The fraction of sp³-hybridized carbons (Fsp3) is 0.929. The molecule has 1 aliphatic heterocycles. The molecule has 17 heavy (non-hydrogen) atoms. The number of carbonyl (C=O) groups excluding carboxylic acids is 1. The van der Waals surface area contributed by atoms with Crippen LogP contribution in [0.5, 0.6) is 0 Å². The summed E-state index contributed by atoms with van der Waals surface area (Å²) in [6, 6.07) is 1.02. The van der Waals surface area contributed by atoms with Crippen molar-refractivity contribution in [1.29, 1.82) is 0 Å². The summed E-state index contributed by atoms with van der Waals surface area (Å²) in [6.45, 7) is 5.58. The molecule has 0 spiro atoms. The Labute approximate surface area is 105 Å². The Morgan fingerprint density at radius 1 is 1.24 bits per heavy atom. The van der Waals surface area contributed by atoms with Crippen molar-refractivity contribution in [3.05, 3.63) is 0 Å². The second kappa shape index (κ2) is 5.38. The smallest absolute Gasteiger partial charge is 0.221 e. The average Bonchev–Trinajstić information content (AvgIpc) is 2.41. The standard InChI is InChI=1S/C14H26N2O/c1-14(2)7-3-5-12(10-14)16-11-6-4-8-15-13(17)9-11/h11-12,16H,3-10H2,1-2H3,(H,15,17). The van der Waals surface area contributed by atoms with Gasteiger partial charge in [0, 0.05) is 25.0 Å². The summed E-state index contributed by atoms with van der Waals surface area (Å²) >= 11 is 0. The molecule has 1 amide bonds. The Bertz CT molecular complexity index is 275. The SMILES string of the molecule is CC1(C)CCCC(NC2CCCNC(=O)C2)C1. The second-order valence-corrected chi connectivity index (χ2v) is 6.52. The number of carbonyl (C=O) groups is 1. The van der Waals surface area contributed by atoms with Gasteiger partial charge in [-0.1, -0.05) is 20.3 Å². The topological polar surface area (TPSA) is 41.1 Å². The van der Waals surface area contributed by atoms with Crippen LogP contribution in [0.1, 0.15) is 58.8 Å². The van der Waals surface area contributed by atoms with Crippen LogP contribution in [0.4, 0.5) is 0 Å². The van der Waals surface area contributed by atoms with E-state index >= 15 is 0 Å². The Hall–Kier alpha value is -0.570. The van der Waals surface area contributed by atoms with Crippen LogP contribution in [0.15, 0.2) is 0 Å². The van der Waals surface area contributed by atoms with Crippen molar-refractivity contribution in [2.75, 3.05) is 6.54 Å². The predicted molar refractivity (Wildman–Crippen MR) is 69.8 cm³/mol. The van der Waals surface area contributed by atoms with Crippen LogP contribution in [0, 0.1) is 5.41 Å². The van der Waals surface area contributed by atoms with Crippen LogP contribution in [-0.2, 0) is 4.79 Å². The molecule has 0 aromatic rings. The molecule has 0 aromatic heterocycles. The molecule has 0 bridgehead atoms. The lowest BCUT2D eigenvalue weighted by Crippen LogP contribution is -2.43. The van der Waals surface area contributed by atoms with Gasteiger partial charge in [-0.3, -0.25) is 4.79 Å². The van der Waals surface area contributed by atoms with Gasteiger partial charge in [-0.2, -0.15) is 0 Å². The van der Waals surface area contributed by atoms with Gasteiger partial charge in [-0.15, -0.1) is 0 Å². The Kier molecular flexibility index (Phi) is 4.08. The maximum atomic E-state index is 11.5. The quantitative estimate of drug-likeness (QED) is 0.774. The van der Waals surface area contributed by atoms with E-state index < -0.39 is 0 Å². The summed E-state index contributed by atoms with van der Waals surface area (Å²) in [4.78, 5) is 11.5. The fourth-order valence-corrected chi connectivity index (χ4v) is 3.29. The van der Waals surface area contributed by atoms with Crippen LogP contribution in [0.3, 0.4) is 0 Å². The normalized spacial score (nSPS) is 33.9. The molecule has 0 aromatic carbocycles. The van der Waals surface area contributed by atoms with Gasteiger partial charge in [0.2, 0.25) is 5.91 Å². The summed E-state index contributed by atoms with van der Waals surface area (Å²) in [7, 11) is 0. The molecule has 2 rings (SSSR count).